The van der Waals surface area contributed by atoms with Gasteiger partial charge in [0.05, 0.1) is 6.10 Å². The molecule has 64 valence electrons. The molecule has 1 N–H and O–H groups in total. The molecule has 0 saturated carbocycles. The van der Waals surface area contributed by atoms with Gasteiger partial charge in [-0.15, -0.1) is 0 Å². The zero-order valence-corrected chi connectivity index (χ0v) is 7.08. The second kappa shape index (κ2) is 2.30. The van der Waals surface area contributed by atoms with Gasteiger partial charge < -0.3 is 5.11 Å². The molecule has 2 rings (SSSR count). The van der Waals surface area contributed by atoms with E-state index in [4.69, 9.17) is 0 Å². The smallest absolute Gasteiger partial charge is 0.182 e. The van der Waals surface area contributed by atoms with Crippen molar-refractivity contribution in [3.05, 3.63) is 23.8 Å². The summed E-state index contributed by atoms with van der Waals surface area (Å²) >= 11 is 0. The summed E-state index contributed by atoms with van der Waals surface area (Å²) in [7, 11) is 0. The number of hydrogen-bond donors (Lipinski definition) is 1. The van der Waals surface area contributed by atoms with E-state index in [0.29, 0.717) is 0 Å². The molecule has 0 fully saturated rings. The molecule has 0 aromatic carbocycles. The van der Waals surface area contributed by atoms with E-state index in [1.807, 2.05) is 13.0 Å². The van der Waals surface area contributed by atoms with Crippen LogP contribution < -0.4 is 0 Å². The van der Waals surface area contributed by atoms with E-state index in [1.54, 1.807) is 12.2 Å². The average Bonchev–Trinajstić information content (AvgIpc) is 2.31. The Morgan fingerprint density at radius 1 is 1.67 bits per heavy atom. The van der Waals surface area contributed by atoms with E-state index in [9.17, 15) is 9.90 Å². The summed E-state index contributed by atoms with van der Waals surface area (Å²) in [6.07, 6.45) is 6.49. The van der Waals surface area contributed by atoms with Crippen LogP contribution in [-0.4, -0.2) is 17.0 Å². The highest BCUT2D eigenvalue weighted by atomic mass is 16.3. The predicted molar refractivity (Wildman–Crippen MR) is 45.6 cm³/mol. The Balaban J connectivity index is 2.43. The van der Waals surface area contributed by atoms with Crippen molar-refractivity contribution in [2.24, 2.45) is 5.41 Å². The molecule has 12 heavy (non-hydrogen) atoms. The summed E-state index contributed by atoms with van der Waals surface area (Å²) in [5.41, 5.74) is 0.692. The van der Waals surface area contributed by atoms with Gasteiger partial charge in [-0.2, -0.15) is 0 Å². The lowest BCUT2D eigenvalue weighted by molar-refractivity contribution is -0.111. The van der Waals surface area contributed by atoms with Crippen LogP contribution in [-0.2, 0) is 4.79 Å². The predicted octanol–water partition coefficient (Wildman–Crippen LogP) is 1.21. The van der Waals surface area contributed by atoms with Crippen LogP contribution in [0, 0.1) is 5.41 Å². The molecule has 0 bridgehead atoms. The molecule has 0 unspecified atom stereocenters. The van der Waals surface area contributed by atoms with Crippen LogP contribution in [0.25, 0.3) is 0 Å². The number of carbonyl (C=O) groups is 1. The quantitative estimate of drug-likeness (QED) is 0.584. The van der Waals surface area contributed by atoms with E-state index in [2.05, 4.69) is 0 Å². The minimum Gasteiger partial charge on any atom is -0.389 e. The van der Waals surface area contributed by atoms with E-state index in [0.717, 1.165) is 18.4 Å². The van der Waals surface area contributed by atoms with Gasteiger partial charge in [-0.25, -0.2) is 0 Å². The van der Waals surface area contributed by atoms with Crippen molar-refractivity contribution in [3.8, 4) is 0 Å². The van der Waals surface area contributed by atoms with Crippen LogP contribution in [0.2, 0.25) is 0 Å². The topological polar surface area (TPSA) is 37.3 Å². The van der Waals surface area contributed by atoms with Crippen molar-refractivity contribution in [2.45, 2.75) is 25.9 Å². The van der Waals surface area contributed by atoms with Gasteiger partial charge in [-0.3, -0.25) is 4.79 Å². The summed E-state index contributed by atoms with van der Waals surface area (Å²) < 4.78 is 0. The molecule has 2 aliphatic rings. The van der Waals surface area contributed by atoms with Gasteiger partial charge in [0.2, 0.25) is 0 Å². The van der Waals surface area contributed by atoms with Crippen molar-refractivity contribution in [2.75, 3.05) is 0 Å². The molecule has 0 saturated heterocycles. The SMILES string of the molecule is C[C@@]12C=CC(=O)C1=C[C@@H](O)CC2. The molecular formula is C10H12O2. The van der Waals surface area contributed by atoms with Crippen molar-refractivity contribution in [1.29, 1.82) is 0 Å². The van der Waals surface area contributed by atoms with Gasteiger partial charge in [-0.05, 0) is 25.0 Å². The maximum Gasteiger partial charge on any atom is 0.182 e. The fourth-order valence-electron chi connectivity index (χ4n) is 1.93. The minimum atomic E-state index is -0.420. The first-order valence-corrected chi connectivity index (χ1v) is 4.26. The number of fused-ring (bicyclic) bond motifs is 1. The van der Waals surface area contributed by atoms with Gasteiger partial charge in [-0.1, -0.05) is 13.0 Å². The summed E-state index contributed by atoms with van der Waals surface area (Å²) in [5, 5.41) is 9.33. The van der Waals surface area contributed by atoms with Gasteiger partial charge in [0.25, 0.3) is 0 Å². The molecule has 0 spiro atoms. The largest absolute Gasteiger partial charge is 0.389 e. The first-order valence-electron chi connectivity index (χ1n) is 4.26. The first-order chi connectivity index (χ1) is 5.62. The molecule has 2 heteroatoms. The summed E-state index contributed by atoms with van der Waals surface area (Å²) in [4.78, 5) is 11.3. The highest BCUT2D eigenvalue weighted by Crippen LogP contribution is 2.42. The second-order valence-electron chi connectivity index (χ2n) is 3.80. The summed E-state index contributed by atoms with van der Waals surface area (Å²) in [6, 6.07) is 0. The molecule has 0 aliphatic heterocycles. The first kappa shape index (κ1) is 7.74. The number of allylic oxidation sites excluding steroid dienone is 3. The lowest BCUT2D eigenvalue weighted by Crippen LogP contribution is -2.25. The molecule has 0 aromatic rings. The molecule has 2 aliphatic carbocycles. The monoisotopic (exact) mass is 164 g/mol. The number of ketones is 1. The van der Waals surface area contributed by atoms with Crippen LogP contribution in [0.5, 0.6) is 0 Å². The molecule has 2 atom stereocenters. The highest BCUT2D eigenvalue weighted by molar-refractivity contribution is 6.08. The fourth-order valence-corrected chi connectivity index (χ4v) is 1.93. The molecule has 0 radical (unpaired) electrons. The fraction of sp³-hybridized carbons (Fsp3) is 0.500. The third kappa shape index (κ3) is 0.950. The molecule has 0 heterocycles. The number of carbonyl (C=O) groups excluding carboxylic acids is 1. The Hall–Kier alpha value is -0.890. The second-order valence-corrected chi connectivity index (χ2v) is 3.80. The van der Waals surface area contributed by atoms with Crippen LogP contribution >= 0.6 is 0 Å². The van der Waals surface area contributed by atoms with Gasteiger partial charge >= 0.3 is 0 Å². The van der Waals surface area contributed by atoms with Gasteiger partial charge in [0.15, 0.2) is 5.78 Å². The Labute approximate surface area is 71.6 Å². The maximum absolute atomic E-state index is 11.3. The van der Waals surface area contributed by atoms with E-state index in [-0.39, 0.29) is 11.2 Å². The lowest BCUT2D eigenvalue weighted by Gasteiger charge is -2.29. The Bertz CT molecular complexity index is 288. The Morgan fingerprint density at radius 2 is 2.42 bits per heavy atom. The van der Waals surface area contributed by atoms with Crippen LogP contribution in [0.1, 0.15) is 19.8 Å². The minimum absolute atomic E-state index is 0.0660. The zero-order valence-electron chi connectivity index (χ0n) is 7.08. The number of hydrogen-bond acceptors (Lipinski definition) is 2. The summed E-state index contributed by atoms with van der Waals surface area (Å²) in [6.45, 7) is 2.05. The number of rotatable bonds is 0. The van der Waals surface area contributed by atoms with E-state index < -0.39 is 6.10 Å². The van der Waals surface area contributed by atoms with E-state index in [1.165, 1.54) is 0 Å². The maximum atomic E-state index is 11.3. The van der Waals surface area contributed by atoms with Crippen LogP contribution in [0.3, 0.4) is 0 Å². The highest BCUT2D eigenvalue weighted by Gasteiger charge is 2.37. The van der Waals surface area contributed by atoms with Crippen molar-refractivity contribution >= 4 is 5.78 Å². The van der Waals surface area contributed by atoms with Crippen molar-refractivity contribution in [3.63, 3.8) is 0 Å². The normalized spacial score (nSPS) is 39.7. The Kier molecular flexibility index (Phi) is 1.48. The molecular weight excluding hydrogens is 152 g/mol. The molecule has 0 aromatic heterocycles. The standard InChI is InChI=1S/C10H12O2/c1-10-4-2-7(11)6-8(10)9(12)3-5-10/h3,5-7,11H,2,4H2,1H3/t7-,10+/m0/s1. The number of aliphatic hydroxyl groups excluding tert-OH is 1. The van der Waals surface area contributed by atoms with Crippen LogP contribution in [0.15, 0.2) is 23.8 Å². The van der Waals surface area contributed by atoms with Crippen LogP contribution in [0.4, 0.5) is 0 Å². The zero-order chi connectivity index (χ0) is 8.77. The van der Waals surface area contributed by atoms with Crippen molar-refractivity contribution in [1.82, 2.24) is 0 Å². The molecule has 0 amide bonds. The van der Waals surface area contributed by atoms with Gasteiger partial charge in [0.1, 0.15) is 0 Å². The average molecular weight is 164 g/mol. The third-order valence-electron chi connectivity index (χ3n) is 2.80. The van der Waals surface area contributed by atoms with Crippen molar-refractivity contribution < 1.29 is 9.90 Å². The lowest BCUT2D eigenvalue weighted by atomic mass is 9.75. The molecule has 2 nitrogen and oxygen atoms in total. The third-order valence-corrected chi connectivity index (χ3v) is 2.80. The van der Waals surface area contributed by atoms with E-state index >= 15 is 0 Å². The Morgan fingerprint density at radius 3 is 3.17 bits per heavy atom. The van der Waals surface area contributed by atoms with Gasteiger partial charge in [0, 0.05) is 11.0 Å². The number of aliphatic hydroxyl groups is 1. The summed E-state index contributed by atoms with van der Waals surface area (Å²) in [5.74, 6) is 0.0660.